The summed E-state index contributed by atoms with van der Waals surface area (Å²) in [6, 6.07) is 6.14. The number of methoxy groups -OCH3 is 1. The molecule has 0 bridgehead atoms. The number of ketones is 1. The molecule has 0 heterocycles. The smallest absolute Gasteiger partial charge is 0.191 e. The van der Waals surface area contributed by atoms with Crippen LogP contribution in [0.4, 0.5) is 0 Å². The molecule has 1 aliphatic carbocycles. The molecule has 0 unspecified atom stereocenters. The van der Waals surface area contributed by atoms with Crippen LogP contribution in [0.25, 0.3) is 0 Å². The van der Waals surface area contributed by atoms with E-state index in [0.29, 0.717) is 18.6 Å². The molecule has 92 valence electrons. The maximum Gasteiger partial charge on any atom is 0.191 e. The summed E-state index contributed by atoms with van der Waals surface area (Å²) < 4.78 is 28.4. The van der Waals surface area contributed by atoms with Gasteiger partial charge in [-0.25, -0.2) is 8.42 Å². The van der Waals surface area contributed by atoms with E-state index in [1.54, 1.807) is 12.1 Å². The number of carbonyl (C=O) groups is 1. The topological polar surface area (TPSA) is 60.4 Å². The van der Waals surface area contributed by atoms with Crippen molar-refractivity contribution in [3.63, 3.8) is 0 Å². The van der Waals surface area contributed by atoms with Crippen LogP contribution in [-0.2, 0) is 14.6 Å². The third-order valence-electron chi connectivity index (χ3n) is 3.23. The standard InChI is InChI=1S/C12H14O4S/c1-9(13)12(7-8-12)17(14,15)11-5-3-10(16-2)4-6-11/h3-6H,7-8H2,1-2H3. The molecule has 0 radical (unpaired) electrons. The van der Waals surface area contributed by atoms with Gasteiger partial charge in [-0.15, -0.1) is 0 Å². The van der Waals surface area contributed by atoms with Crippen molar-refractivity contribution in [1.82, 2.24) is 0 Å². The second-order valence-corrected chi connectivity index (χ2v) is 6.49. The molecule has 1 aliphatic rings. The van der Waals surface area contributed by atoms with E-state index in [4.69, 9.17) is 4.74 Å². The first-order valence-corrected chi connectivity index (χ1v) is 6.82. The van der Waals surface area contributed by atoms with Gasteiger partial charge in [0.1, 0.15) is 10.5 Å². The largest absolute Gasteiger partial charge is 0.497 e. The highest BCUT2D eigenvalue weighted by atomic mass is 32.2. The van der Waals surface area contributed by atoms with Gasteiger partial charge in [0.2, 0.25) is 0 Å². The van der Waals surface area contributed by atoms with E-state index >= 15 is 0 Å². The molecule has 0 atom stereocenters. The lowest BCUT2D eigenvalue weighted by Gasteiger charge is -2.13. The molecule has 17 heavy (non-hydrogen) atoms. The molecule has 5 heteroatoms. The van der Waals surface area contributed by atoms with Crippen molar-refractivity contribution in [2.45, 2.75) is 29.4 Å². The highest BCUT2D eigenvalue weighted by molar-refractivity contribution is 7.94. The van der Waals surface area contributed by atoms with Crippen LogP contribution >= 0.6 is 0 Å². The van der Waals surface area contributed by atoms with Gasteiger partial charge in [0.25, 0.3) is 0 Å². The van der Waals surface area contributed by atoms with Crippen molar-refractivity contribution in [1.29, 1.82) is 0 Å². The Morgan fingerprint density at radius 3 is 2.12 bits per heavy atom. The minimum Gasteiger partial charge on any atom is -0.497 e. The van der Waals surface area contributed by atoms with Crippen molar-refractivity contribution < 1.29 is 17.9 Å². The number of rotatable bonds is 4. The Labute approximate surface area is 101 Å². The molecular formula is C12H14O4S. The third kappa shape index (κ3) is 1.74. The van der Waals surface area contributed by atoms with E-state index < -0.39 is 14.6 Å². The minimum atomic E-state index is -3.56. The van der Waals surface area contributed by atoms with Gasteiger partial charge in [-0.1, -0.05) is 0 Å². The van der Waals surface area contributed by atoms with Gasteiger partial charge in [-0.05, 0) is 44.0 Å². The van der Waals surface area contributed by atoms with Gasteiger partial charge >= 0.3 is 0 Å². The Morgan fingerprint density at radius 1 is 1.24 bits per heavy atom. The van der Waals surface area contributed by atoms with Crippen molar-refractivity contribution in [2.24, 2.45) is 0 Å². The molecule has 0 aromatic heterocycles. The number of Topliss-reactive ketones (excluding diaryl/α,β-unsaturated/α-hetero) is 1. The van der Waals surface area contributed by atoms with Gasteiger partial charge < -0.3 is 4.74 Å². The van der Waals surface area contributed by atoms with Crippen molar-refractivity contribution in [3.05, 3.63) is 24.3 Å². The lowest BCUT2D eigenvalue weighted by Crippen LogP contribution is -2.30. The Balaban J connectivity index is 2.42. The molecule has 1 aromatic carbocycles. The fourth-order valence-electron chi connectivity index (χ4n) is 1.90. The fourth-order valence-corrected chi connectivity index (χ4v) is 3.87. The molecule has 0 spiro atoms. The van der Waals surface area contributed by atoms with E-state index in [1.165, 1.54) is 26.2 Å². The number of hydrogen-bond donors (Lipinski definition) is 0. The van der Waals surface area contributed by atoms with Crippen LogP contribution in [-0.4, -0.2) is 26.1 Å². The first-order valence-electron chi connectivity index (χ1n) is 5.34. The molecule has 0 amide bonds. The zero-order chi connectivity index (χ0) is 12.7. The average molecular weight is 254 g/mol. The van der Waals surface area contributed by atoms with Crippen LogP contribution in [0.2, 0.25) is 0 Å². The molecule has 0 N–H and O–H groups in total. The fraction of sp³-hybridized carbons (Fsp3) is 0.417. The minimum absolute atomic E-state index is 0.186. The second kappa shape index (κ2) is 3.84. The van der Waals surface area contributed by atoms with Gasteiger partial charge in [0.15, 0.2) is 15.6 Å². The lowest BCUT2D eigenvalue weighted by atomic mass is 10.3. The Morgan fingerprint density at radius 2 is 1.76 bits per heavy atom. The highest BCUT2D eigenvalue weighted by Gasteiger charge is 2.58. The maximum absolute atomic E-state index is 12.3. The molecule has 1 fully saturated rings. The summed E-state index contributed by atoms with van der Waals surface area (Å²) in [6.07, 6.45) is 0.855. The lowest BCUT2D eigenvalue weighted by molar-refractivity contribution is -0.117. The molecule has 1 aromatic rings. The summed E-state index contributed by atoms with van der Waals surface area (Å²) in [4.78, 5) is 11.7. The maximum atomic E-state index is 12.3. The van der Waals surface area contributed by atoms with E-state index in [2.05, 4.69) is 0 Å². The zero-order valence-corrected chi connectivity index (χ0v) is 10.6. The van der Waals surface area contributed by atoms with Gasteiger partial charge in [0, 0.05) is 0 Å². The normalized spacial score (nSPS) is 17.5. The Bertz CT molecular complexity index is 538. The van der Waals surface area contributed by atoms with E-state index in [1.807, 2.05) is 0 Å². The summed E-state index contributed by atoms with van der Waals surface area (Å²) in [5.74, 6) is 0.324. The van der Waals surface area contributed by atoms with E-state index in [9.17, 15) is 13.2 Å². The van der Waals surface area contributed by atoms with Crippen molar-refractivity contribution in [3.8, 4) is 5.75 Å². The summed E-state index contributed by atoms with van der Waals surface area (Å²) in [7, 11) is -2.04. The predicted molar refractivity (Wildman–Crippen MR) is 62.8 cm³/mol. The zero-order valence-electron chi connectivity index (χ0n) is 9.76. The second-order valence-electron chi connectivity index (χ2n) is 4.23. The van der Waals surface area contributed by atoms with Crippen LogP contribution in [0.1, 0.15) is 19.8 Å². The van der Waals surface area contributed by atoms with Crippen LogP contribution in [0, 0.1) is 0 Å². The van der Waals surface area contributed by atoms with Crippen LogP contribution in [0.3, 0.4) is 0 Å². The quantitative estimate of drug-likeness (QED) is 0.818. The Kier molecular flexibility index (Phi) is 2.73. The predicted octanol–water partition coefficient (Wildman–Crippen LogP) is 1.59. The van der Waals surface area contributed by atoms with Crippen LogP contribution < -0.4 is 4.74 Å². The van der Waals surface area contributed by atoms with Crippen molar-refractivity contribution in [2.75, 3.05) is 7.11 Å². The monoisotopic (exact) mass is 254 g/mol. The first-order chi connectivity index (χ1) is 7.94. The Hall–Kier alpha value is -1.36. The first kappa shape index (κ1) is 12.1. The van der Waals surface area contributed by atoms with E-state index in [-0.39, 0.29) is 10.7 Å². The average Bonchev–Trinajstić information content (AvgIpc) is 3.10. The number of hydrogen-bond acceptors (Lipinski definition) is 4. The summed E-state index contributed by atoms with van der Waals surface area (Å²) in [5.41, 5.74) is 0. The molecule has 0 aliphatic heterocycles. The summed E-state index contributed by atoms with van der Waals surface area (Å²) >= 11 is 0. The molecule has 0 saturated heterocycles. The number of benzene rings is 1. The number of sulfone groups is 1. The molecule has 1 saturated carbocycles. The highest BCUT2D eigenvalue weighted by Crippen LogP contribution is 2.47. The molecule has 2 rings (SSSR count). The molecule has 4 nitrogen and oxygen atoms in total. The number of carbonyl (C=O) groups excluding carboxylic acids is 1. The van der Waals surface area contributed by atoms with Gasteiger partial charge in [-0.3, -0.25) is 4.79 Å². The van der Waals surface area contributed by atoms with Crippen LogP contribution in [0.15, 0.2) is 29.2 Å². The number of ether oxygens (including phenoxy) is 1. The van der Waals surface area contributed by atoms with Crippen LogP contribution in [0.5, 0.6) is 5.75 Å². The summed E-state index contributed by atoms with van der Waals surface area (Å²) in [5, 5.41) is 0. The van der Waals surface area contributed by atoms with Gasteiger partial charge in [0.05, 0.1) is 12.0 Å². The third-order valence-corrected chi connectivity index (χ3v) is 5.85. The van der Waals surface area contributed by atoms with E-state index in [0.717, 1.165) is 0 Å². The SMILES string of the molecule is COc1ccc(S(=O)(=O)C2(C(C)=O)CC2)cc1. The van der Waals surface area contributed by atoms with Crippen molar-refractivity contribution >= 4 is 15.6 Å². The van der Waals surface area contributed by atoms with Gasteiger partial charge in [-0.2, -0.15) is 0 Å². The summed E-state index contributed by atoms with van der Waals surface area (Å²) in [6.45, 7) is 1.34. The molecular weight excluding hydrogens is 240 g/mol.